The van der Waals surface area contributed by atoms with Crippen LogP contribution in [-0.4, -0.2) is 31.9 Å². The molecule has 0 unspecified atom stereocenters. The molecule has 0 heterocycles. The zero-order valence-electron chi connectivity index (χ0n) is 14.2. The molecule has 0 bridgehead atoms. The van der Waals surface area contributed by atoms with Crippen molar-refractivity contribution in [3.8, 4) is 5.75 Å². The van der Waals surface area contributed by atoms with Gasteiger partial charge in [-0.25, -0.2) is 4.79 Å². The van der Waals surface area contributed by atoms with Crippen LogP contribution >= 0.6 is 0 Å². The van der Waals surface area contributed by atoms with Gasteiger partial charge in [-0.15, -0.1) is 0 Å². The number of ether oxygens (including phenoxy) is 2. The van der Waals surface area contributed by atoms with Crippen molar-refractivity contribution in [3.05, 3.63) is 64.7 Å². The molecule has 0 radical (unpaired) electrons. The summed E-state index contributed by atoms with van der Waals surface area (Å²) in [5.74, 6) is 0.144. The van der Waals surface area contributed by atoms with Crippen LogP contribution in [-0.2, 0) is 24.0 Å². The third-order valence-electron chi connectivity index (χ3n) is 3.99. The maximum Gasteiger partial charge on any atom is 0.341 e. The van der Waals surface area contributed by atoms with Crippen molar-refractivity contribution in [2.45, 2.75) is 25.7 Å². The molecule has 1 N–H and O–H groups in total. The summed E-state index contributed by atoms with van der Waals surface area (Å²) in [6.45, 7) is 0.219. The lowest BCUT2D eigenvalue weighted by Gasteiger charge is -2.10. The fraction of sp³-hybridized carbons (Fsp3) is 0.350. The van der Waals surface area contributed by atoms with E-state index in [1.807, 2.05) is 12.1 Å². The first-order valence-electron chi connectivity index (χ1n) is 8.12. The van der Waals surface area contributed by atoms with E-state index in [0.29, 0.717) is 11.3 Å². The minimum Gasteiger partial charge on any atom is -0.496 e. The minimum absolute atomic E-state index is 0.219. The zero-order valence-corrected chi connectivity index (χ0v) is 14.2. The smallest absolute Gasteiger partial charge is 0.341 e. The van der Waals surface area contributed by atoms with Crippen molar-refractivity contribution in [2.24, 2.45) is 0 Å². The predicted octanol–water partition coefficient (Wildman–Crippen LogP) is 3.19. The Morgan fingerprint density at radius 2 is 1.62 bits per heavy atom. The van der Waals surface area contributed by atoms with Gasteiger partial charge in [0.1, 0.15) is 11.3 Å². The number of carbonyl (C=O) groups excluding carboxylic acids is 1. The first-order valence-corrected chi connectivity index (χ1v) is 8.12. The van der Waals surface area contributed by atoms with Crippen molar-refractivity contribution in [2.75, 3.05) is 20.8 Å². The minimum atomic E-state index is -0.394. The summed E-state index contributed by atoms with van der Waals surface area (Å²) in [5, 5.41) is 8.93. The highest BCUT2D eigenvalue weighted by Crippen LogP contribution is 2.22. The average Bonchev–Trinajstić information content (AvgIpc) is 2.64. The molecule has 0 aliphatic heterocycles. The molecule has 0 atom stereocenters. The number of carbonyl (C=O) groups is 1. The van der Waals surface area contributed by atoms with Crippen molar-refractivity contribution >= 4 is 5.97 Å². The van der Waals surface area contributed by atoms with Crippen LogP contribution in [0.5, 0.6) is 5.75 Å². The molecular weight excluding hydrogens is 304 g/mol. The number of aryl methyl sites for hydroxylation is 3. The van der Waals surface area contributed by atoms with Gasteiger partial charge in [-0.1, -0.05) is 30.3 Å². The molecule has 0 spiro atoms. The summed E-state index contributed by atoms with van der Waals surface area (Å²) < 4.78 is 10.1. The van der Waals surface area contributed by atoms with Gasteiger partial charge in [0, 0.05) is 6.61 Å². The summed E-state index contributed by atoms with van der Waals surface area (Å²) in [7, 11) is 2.91. The molecule has 2 rings (SSSR count). The third-order valence-corrected chi connectivity index (χ3v) is 3.99. The molecule has 0 aliphatic rings. The van der Waals surface area contributed by atoms with Crippen molar-refractivity contribution in [1.82, 2.24) is 0 Å². The van der Waals surface area contributed by atoms with Gasteiger partial charge in [0.05, 0.1) is 14.2 Å². The number of methoxy groups -OCH3 is 2. The standard InChI is InChI=1S/C20H24O4/c1-23-19-14-17(10-11-18(19)20(22)24-2)9-8-16-6-3-5-15(13-16)7-4-12-21/h3,5-6,10-11,13-14,21H,4,7-9,12H2,1-2H3. The van der Waals surface area contributed by atoms with E-state index in [1.54, 1.807) is 13.2 Å². The highest BCUT2D eigenvalue weighted by Gasteiger charge is 2.13. The Kier molecular flexibility index (Phi) is 6.82. The highest BCUT2D eigenvalue weighted by molar-refractivity contribution is 5.92. The topological polar surface area (TPSA) is 55.8 Å². The monoisotopic (exact) mass is 328 g/mol. The van der Waals surface area contributed by atoms with Crippen molar-refractivity contribution < 1.29 is 19.4 Å². The van der Waals surface area contributed by atoms with Crippen molar-refractivity contribution in [1.29, 1.82) is 0 Å². The Balaban J connectivity index is 2.05. The maximum absolute atomic E-state index is 11.7. The fourth-order valence-electron chi connectivity index (χ4n) is 2.68. The van der Waals surface area contributed by atoms with Gasteiger partial charge < -0.3 is 14.6 Å². The molecule has 0 saturated carbocycles. The summed E-state index contributed by atoms with van der Waals surface area (Å²) in [5.41, 5.74) is 4.07. The van der Waals surface area contributed by atoms with E-state index in [-0.39, 0.29) is 6.61 Å². The van der Waals surface area contributed by atoms with Gasteiger partial charge in [0.25, 0.3) is 0 Å². The van der Waals surface area contributed by atoms with E-state index >= 15 is 0 Å². The molecule has 24 heavy (non-hydrogen) atoms. The van der Waals surface area contributed by atoms with E-state index < -0.39 is 5.97 Å². The van der Waals surface area contributed by atoms with Crippen LogP contribution in [0.25, 0.3) is 0 Å². The fourth-order valence-corrected chi connectivity index (χ4v) is 2.68. The summed E-state index contributed by atoms with van der Waals surface area (Å²) in [6.07, 6.45) is 3.45. The Morgan fingerprint density at radius 3 is 2.25 bits per heavy atom. The van der Waals surface area contributed by atoms with Gasteiger partial charge in [0.2, 0.25) is 0 Å². The zero-order chi connectivity index (χ0) is 17.4. The SMILES string of the molecule is COC(=O)c1ccc(CCc2cccc(CCCO)c2)cc1OC. The number of aliphatic hydroxyl groups excluding tert-OH is 1. The molecule has 128 valence electrons. The van der Waals surface area contributed by atoms with Gasteiger partial charge in [0.15, 0.2) is 0 Å². The summed E-state index contributed by atoms with van der Waals surface area (Å²) >= 11 is 0. The molecule has 0 amide bonds. The molecule has 2 aromatic rings. The predicted molar refractivity (Wildman–Crippen MR) is 93.6 cm³/mol. The molecular formula is C20H24O4. The summed E-state index contributed by atoms with van der Waals surface area (Å²) in [6, 6.07) is 14.0. The summed E-state index contributed by atoms with van der Waals surface area (Å²) in [4.78, 5) is 11.7. The second-order valence-corrected chi connectivity index (χ2v) is 5.67. The first-order chi connectivity index (χ1) is 11.7. The highest BCUT2D eigenvalue weighted by atomic mass is 16.5. The number of aliphatic hydroxyl groups is 1. The van der Waals surface area contributed by atoms with Crippen LogP contribution in [0.15, 0.2) is 42.5 Å². The Labute approximate surface area is 143 Å². The van der Waals surface area contributed by atoms with Gasteiger partial charge in [-0.2, -0.15) is 0 Å². The second-order valence-electron chi connectivity index (χ2n) is 5.67. The van der Waals surface area contributed by atoms with Crippen LogP contribution in [0.4, 0.5) is 0 Å². The first kappa shape index (κ1) is 18.0. The molecule has 2 aromatic carbocycles. The third kappa shape index (κ3) is 4.83. The average molecular weight is 328 g/mol. The van der Waals surface area contributed by atoms with Crippen LogP contribution < -0.4 is 4.74 Å². The lowest BCUT2D eigenvalue weighted by Crippen LogP contribution is -2.05. The van der Waals surface area contributed by atoms with Gasteiger partial charge in [-0.3, -0.25) is 0 Å². The maximum atomic E-state index is 11.7. The van der Waals surface area contributed by atoms with E-state index in [4.69, 9.17) is 14.6 Å². The Bertz CT molecular complexity index is 679. The van der Waals surface area contributed by atoms with E-state index in [0.717, 1.165) is 31.2 Å². The van der Waals surface area contributed by atoms with E-state index in [9.17, 15) is 4.79 Å². The van der Waals surface area contributed by atoms with Crippen LogP contribution in [0.1, 0.15) is 33.5 Å². The van der Waals surface area contributed by atoms with Crippen LogP contribution in [0.2, 0.25) is 0 Å². The molecule has 0 aliphatic carbocycles. The number of rotatable bonds is 8. The van der Waals surface area contributed by atoms with Crippen LogP contribution in [0.3, 0.4) is 0 Å². The van der Waals surface area contributed by atoms with Gasteiger partial charge in [-0.05, 0) is 54.5 Å². The molecule has 0 fully saturated rings. The molecule has 0 aromatic heterocycles. The van der Waals surface area contributed by atoms with E-state index in [1.165, 1.54) is 18.2 Å². The second kappa shape index (κ2) is 9.08. The quantitative estimate of drug-likeness (QED) is 0.756. The number of hydrogen-bond acceptors (Lipinski definition) is 4. The molecule has 4 nitrogen and oxygen atoms in total. The van der Waals surface area contributed by atoms with Crippen LogP contribution in [0, 0.1) is 0 Å². The number of hydrogen-bond donors (Lipinski definition) is 1. The normalized spacial score (nSPS) is 10.5. The molecule has 0 saturated heterocycles. The lowest BCUT2D eigenvalue weighted by atomic mass is 10.00. The Morgan fingerprint density at radius 1 is 0.958 bits per heavy atom. The number of esters is 1. The largest absolute Gasteiger partial charge is 0.496 e. The van der Waals surface area contributed by atoms with Gasteiger partial charge >= 0.3 is 5.97 Å². The number of benzene rings is 2. The Hall–Kier alpha value is -2.33. The molecule has 4 heteroatoms. The van der Waals surface area contributed by atoms with Crippen molar-refractivity contribution in [3.63, 3.8) is 0 Å². The van der Waals surface area contributed by atoms with E-state index in [2.05, 4.69) is 24.3 Å². The lowest BCUT2D eigenvalue weighted by molar-refractivity contribution is 0.0597.